The molecule has 2 heterocycles. The van der Waals surface area contributed by atoms with Crippen LogP contribution < -0.4 is 20.1 Å². The summed E-state index contributed by atoms with van der Waals surface area (Å²) in [5, 5.41) is 11.2. The third-order valence-corrected chi connectivity index (χ3v) is 5.15. The molecule has 0 amide bonds. The van der Waals surface area contributed by atoms with Gasteiger partial charge in [-0.15, -0.1) is 0 Å². The van der Waals surface area contributed by atoms with Gasteiger partial charge in [0.15, 0.2) is 5.96 Å². The van der Waals surface area contributed by atoms with Gasteiger partial charge in [0.05, 0.1) is 14.2 Å². The molecule has 1 atom stereocenters. The van der Waals surface area contributed by atoms with E-state index in [0.717, 1.165) is 69.6 Å². The highest BCUT2D eigenvalue weighted by atomic mass is 16.5. The lowest BCUT2D eigenvalue weighted by molar-refractivity contribution is 0.321. The Morgan fingerprint density at radius 2 is 2.03 bits per heavy atom. The van der Waals surface area contributed by atoms with Crippen LogP contribution >= 0.6 is 0 Å². The highest BCUT2D eigenvalue weighted by molar-refractivity contribution is 5.80. The lowest BCUT2D eigenvalue weighted by Crippen LogP contribution is -2.44. The van der Waals surface area contributed by atoms with Crippen LogP contribution in [0.25, 0.3) is 0 Å². The molecule has 1 saturated heterocycles. The monoisotopic (exact) mass is 414 g/mol. The van der Waals surface area contributed by atoms with Crippen LogP contribution in [0.15, 0.2) is 41.7 Å². The first kappa shape index (κ1) is 22.0. The Morgan fingerprint density at radius 1 is 1.23 bits per heavy atom. The van der Waals surface area contributed by atoms with Gasteiger partial charge in [-0.3, -0.25) is 14.6 Å². The molecule has 0 radical (unpaired) electrons. The minimum absolute atomic E-state index is 0.390. The van der Waals surface area contributed by atoms with E-state index in [1.165, 1.54) is 5.56 Å². The highest BCUT2D eigenvalue weighted by Crippen LogP contribution is 2.24. The van der Waals surface area contributed by atoms with E-state index in [1.54, 1.807) is 14.2 Å². The minimum Gasteiger partial charge on any atom is -0.497 e. The molecule has 164 valence electrons. The molecule has 3 rings (SSSR count). The second kappa shape index (κ2) is 11.4. The summed E-state index contributed by atoms with van der Waals surface area (Å²) in [5.74, 6) is 2.55. The van der Waals surface area contributed by atoms with Gasteiger partial charge in [0.25, 0.3) is 0 Å². The van der Waals surface area contributed by atoms with Crippen LogP contribution in [0.4, 0.5) is 0 Å². The average Bonchev–Trinajstić information content (AvgIpc) is 3.43. The number of nitrogens with zero attached hydrogens (tertiary/aromatic N) is 4. The summed E-state index contributed by atoms with van der Waals surface area (Å²) in [6.07, 6.45) is 5.85. The van der Waals surface area contributed by atoms with E-state index in [0.29, 0.717) is 6.04 Å². The lowest BCUT2D eigenvalue weighted by Gasteiger charge is -2.19. The predicted molar refractivity (Wildman–Crippen MR) is 119 cm³/mol. The first-order valence-electron chi connectivity index (χ1n) is 10.7. The number of aryl methyl sites for hydroxylation is 1. The SMILES string of the molecule is CCNC(=NCCCn1cccn1)NC1CCN(Cc2cc(OC)cc(OC)c2)C1. The quantitative estimate of drug-likeness (QED) is 0.352. The van der Waals surface area contributed by atoms with Crippen LogP contribution in [-0.2, 0) is 13.1 Å². The standard InChI is InChI=1S/C22H34N6O2/c1-4-23-22(24-8-5-10-28-11-6-9-25-28)26-19-7-12-27(17-19)16-18-13-20(29-2)15-21(14-18)30-3/h6,9,11,13-15,19H,4-5,7-8,10,12,16-17H2,1-3H3,(H2,23,24,26). The molecule has 1 fully saturated rings. The molecule has 2 N–H and O–H groups in total. The molecule has 0 spiro atoms. The number of aromatic nitrogens is 2. The Balaban J connectivity index is 1.48. The molecule has 1 unspecified atom stereocenters. The van der Waals surface area contributed by atoms with Crippen LogP contribution in [0.1, 0.15) is 25.3 Å². The van der Waals surface area contributed by atoms with Crippen molar-refractivity contribution in [3.8, 4) is 11.5 Å². The predicted octanol–water partition coefficient (Wildman–Crippen LogP) is 2.12. The summed E-state index contributed by atoms with van der Waals surface area (Å²) < 4.78 is 12.7. The van der Waals surface area contributed by atoms with Crippen LogP contribution in [0.5, 0.6) is 11.5 Å². The zero-order valence-corrected chi connectivity index (χ0v) is 18.3. The maximum absolute atomic E-state index is 5.39. The zero-order valence-electron chi connectivity index (χ0n) is 18.3. The summed E-state index contributed by atoms with van der Waals surface area (Å²) in [6.45, 7) is 7.52. The number of benzene rings is 1. The molecule has 0 aliphatic carbocycles. The molecule has 8 heteroatoms. The Hall–Kier alpha value is -2.74. The van der Waals surface area contributed by atoms with Crippen molar-refractivity contribution >= 4 is 5.96 Å². The zero-order chi connectivity index (χ0) is 21.2. The number of methoxy groups -OCH3 is 2. The number of ether oxygens (including phenoxy) is 2. The van der Waals surface area contributed by atoms with Crippen molar-refractivity contribution in [2.75, 3.05) is 40.4 Å². The molecule has 1 aromatic carbocycles. The van der Waals surface area contributed by atoms with E-state index in [-0.39, 0.29) is 0 Å². The number of hydrogen-bond donors (Lipinski definition) is 2. The molecule has 30 heavy (non-hydrogen) atoms. The molecule has 0 bridgehead atoms. The van der Waals surface area contributed by atoms with Gasteiger partial charge in [0.2, 0.25) is 0 Å². The Morgan fingerprint density at radius 3 is 2.70 bits per heavy atom. The van der Waals surface area contributed by atoms with Gasteiger partial charge >= 0.3 is 0 Å². The second-order valence-corrected chi connectivity index (χ2v) is 7.47. The number of hydrogen-bond acceptors (Lipinski definition) is 5. The molecule has 1 aliphatic heterocycles. The molecule has 0 saturated carbocycles. The Bertz CT molecular complexity index is 771. The number of aliphatic imine (C=N–C) groups is 1. The van der Waals surface area contributed by atoms with Gasteiger partial charge in [-0.2, -0.15) is 5.10 Å². The van der Waals surface area contributed by atoms with Crippen molar-refractivity contribution in [1.29, 1.82) is 0 Å². The largest absolute Gasteiger partial charge is 0.497 e. The fourth-order valence-electron chi connectivity index (χ4n) is 3.68. The maximum Gasteiger partial charge on any atom is 0.191 e. The average molecular weight is 415 g/mol. The van der Waals surface area contributed by atoms with Gasteiger partial charge in [0, 0.05) is 63.8 Å². The van der Waals surface area contributed by atoms with Gasteiger partial charge in [-0.05, 0) is 43.5 Å². The first-order chi connectivity index (χ1) is 14.7. The van der Waals surface area contributed by atoms with Crippen molar-refractivity contribution in [1.82, 2.24) is 25.3 Å². The van der Waals surface area contributed by atoms with Crippen molar-refractivity contribution in [2.45, 2.75) is 38.9 Å². The molecule has 1 aliphatic rings. The fraction of sp³-hybridized carbons (Fsp3) is 0.545. The number of likely N-dealkylation sites (tertiary alicyclic amines) is 1. The molecular weight excluding hydrogens is 380 g/mol. The topological polar surface area (TPSA) is 75.9 Å². The third kappa shape index (κ3) is 6.66. The third-order valence-electron chi connectivity index (χ3n) is 5.15. The first-order valence-corrected chi connectivity index (χ1v) is 10.7. The van der Waals surface area contributed by atoms with E-state index in [9.17, 15) is 0 Å². The van der Waals surface area contributed by atoms with Gasteiger partial charge < -0.3 is 20.1 Å². The van der Waals surface area contributed by atoms with E-state index in [4.69, 9.17) is 14.5 Å². The number of rotatable bonds is 10. The van der Waals surface area contributed by atoms with Crippen LogP contribution in [0.3, 0.4) is 0 Å². The molecule has 8 nitrogen and oxygen atoms in total. The Labute approximate surface area is 179 Å². The van der Waals surface area contributed by atoms with Gasteiger partial charge in [-0.1, -0.05) is 0 Å². The fourth-order valence-corrected chi connectivity index (χ4v) is 3.68. The highest BCUT2D eigenvalue weighted by Gasteiger charge is 2.23. The lowest BCUT2D eigenvalue weighted by atomic mass is 10.2. The van der Waals surface area contributed by atoms with Crippen molar-refractivity contribution < 1.29 is 9.47 Å². The second-order valence-electron chi connectivity index (χ2n) is 7.47. The molecule has 1 aromatic heterocycles. The van der Waals surface area contributed by atoms with Crippen molar-refractivity contribution in [3.05, 3.63) is 42.2 Å². The normalized spacial score (nSPS) is 17.2. The van der Waals surface area contributed by atoms with E-state index < -0.39 is 0 Å². The summed E-state index contributed by atoms with van der Waals surface area (Å²) in [6, 6.07) is 8.40. The van der Waals surface area contributed by atoms with Crippen molar-refractivity contribution in [2.24, 2.45) is 4.99 Å². The van der Waals surface area contributed by atoms with E-state index in [2.05, 4.69) is 39.7 Å². The van der Waals surface area contributed by atoms with Gasteiger partial charge in [-0.25, -0.2) is 0 Å². The number of nitrogens with one attached hydrogen (secondary N) is 2. The Kier molecular flexibility index (Phi) is 8.38. The van der Waals surface area contributed by atoms with Crippen LogP contribution in [0.2, 0.25) is 0 Å². The van der Waals surface area contributed by atoms with Crippen molar-refractivity contribution in [3.63, 3.8) is 0 Å². The van der Waals surface area contributed by atoms with Crippen LogP contribution in [0, 0.1) is 0 Å². The van der Waals surface area contributed by atoms with Crippen LogP contribution in [-0.4, -0.2) is 67.1 Å². The van der Waals surface area contributed by atoms with E-state index >= 15 is 0 Å². The maximum atomic E-state index is 5.39. The number of guanidine groups is 1. The summed E-state index contributed by atoms with van der Waals surface area (Å²) in [7, 11) is 3.37. The van der Waals surface area contributed by atoms with E-state index in [1.807, 2.05) is 29.2 Å². The van der Waals surface area contributed by atoms with Gasteiger partial charge in [0.1, 0.15) is 11.5 Å². The summed E-state index contributed by atoms with van der Waals surface area (Å²) in [5.41, 5.74) is 1.20. The minimum atomic E-state index is 0.390. The molecule has 2 aromatic rings. The smallest absolute Gasteiger partial charge is 0.191 e. The summed E-state index contributed by atoms with van der Waals surface area (Å²) in [4.78, 5) is 7.18. The summed E-state index contributed by atoms with van der Waals surface area (Å²) >= 11 is 0. The molecular formula is C22H34N6O2.